The number of hydrogen-bond acceptors (Lipinski definition) is 2. The Hall–Kier alpha value is -1.10. The van der Waals surface area contributed by atoms with Gasteiger partial charge < -0.3 is 4.74 Å². The number of pyridine rings is 1. The van der Waals surface area contributed by atoms with Crippen molar-refractivity contribution in [2.24, 2.45) is 0 Å². The molecule has 0 unspecified atom stereocenters. The first-order valence-electron chi connectivity index (χ1n) is 6.25. The zero-order valence-electron chi connectivity index (χ0n) is 10.8. The summed E-state index contributed by atoms with van der Waals surface area (Å²) >= 11 is 12.9. The van der Waals surface area contributed by atoms with Gasteiger partial charge in [-0.15, -0.1) is 11.6 Å². The van der Waals surface area contributed by atoms with E-state index in [-0.39, 0.29) is 0 Å². The van der Waals surface area contributed by atoms with Gasteiger partial charge in [0.15, 0.2) is 0 Å². The molecule has 1 aromatic heterocycles. The first kappa shape index (κ1) is 14.8. The predicted octanol–water partition coefficient (Wildman–Crippen LogP) is 6.29. The molecule has 0 saturated carbocycles. The Morgan fingerprint density at radius 3 is 2.62 bits per heavy atom. The molecular weight excluding hydrogens is 417 g/mol. The Morgan fingerprint density at radius 2 is 1.86 bits per heavy atom. The van der Waals surface area contributed by atoms with Crippen LogP contribution < -0.4 is 4.74 Å². The molecule has 106 valence electrons. The lowest BCUT2D eigenvalue weighted by atomic mass is 10.1. The Balaban J connectivity index is 2.04. The van der Waals surface area contributed by atoms with E-state index in [1.807, 2.05) is 48.5 Å². The van der Waals surface area contributed by atoms with Gasteiger partial charge in [-0.2, -0.15) is 0 Å². The third kappa shape index (κ3) is 3.23. The number of aromatic nitrogens is 1. The molecule has 0 atom stereocenters. The highest BCUT2D eigenvalue weighted by Crippen LogP contribution is 2.33. The Labute approximate surface area is 144 Å². The fourth-order valence-corrected chi connectivity index (χ4v) is 3.40. The molecule has 2 aromatic carbocycles. The van der Waals surface area contributed by atoms with Crippen LogP contribution in [-0.2, 0) is 5.88 Å². The molecule has 0 amide bonds. The van der Waals surface area contributed by atoms with Crippen molar-refractivity contribution in [1.29, 1.82) is 0 Å². The summed E-state index contributed by atoms with van der Waals surface area (Å²) in [5, 5.41) is 1.05. The molecule has 0 aliphatic rings. The summed E-state index contributed by atoms with van der Waals surface area (Å²) in [5.41, 5.74) is 1.88. The van der Waals surface area contributed by atoms with Crippen LogP contribution in [-0.4, -0.2) is 4.98 Å². The number of halogens is 3. The largest absolute Gasteiger partial charge is 0.438 e. The molecule has 5 heteroatoms. The van der Waals surface area contributed by atoms with E-state index in [1.54, 1.807) is 0 Å². The molecule has 0 aliphatic heterocycles. The zero-order valence-corrected chi connectivity index (χ0v) is 14.7. The topological polar surface area (TPSA) is 22.1 Å². The minimum absolute atomic E-state index is 0.418. The molecule has 0 saturated heterocycles. The van der Waals surface area contributed by atoms with Gasteiger partial charge in [0, 0.05) is 21.8 Å². The van der Waals surface area contributed by atoms with E-state index in [2.05, 4.69) is 36.8 Å². The molecule has 2 nitrogen and oxygen atoms in total. The summed E-state index contributed by atoms with van der Waals surface area (Å²) in [6, 6.07) is 15.5. The number of fused-ring (bicyclic) bond motifs is 1. The lowest BCUT2D eigenvalue weighted by Crippen LogP contribution is -1.93. The first-order valence-corrected chi connectivity index (χ1v) is 8.37. The summed E-state index contributed by atoms with van der Waals surface area (Å²) in [6.45, 7) is 0. The first-order chi connectivity index (χ1) is 10.2. The van der Waals surface area contributed by atoms with Crippen molar-refractivity contribution in [1.82, 2.24) is 4.98 Å². The van der Waals surface area contributed by atoms with Gasteiger partial charge in [0.25, 0.3) is 0 Å². The Kier molecular flexibility index (Phi) is 4.48. The van der Waals surface area contributed by atoms with Crippen LogP contribution in [0, 0.1) is 0 Å². The van der Waals surface area contributed by atoms with Gasteiger partial charge in [0.2, 0.25) is 5.88 Å². The second-order valence-electron chi connectivity index (χ2n) is 4.45. The number of rotatable bonds is 3. The third-order valence-electron chi connectivity index (χ3n) is 3.03. The minimum atomic E-state index is 0.418. The summed E-state index contributed by atoms with van der Waals surface area (Å²) in [7, 11) is 0. The molecule has 3 rings (SSSR count). The monoisotopic (exact) mass is 425 g/mol. The smallest absolute Gasteiger partial charge is 0.220 e. The van der Waals surface area contributed by atoms with E-state index < -0.39 is 0 Å². The number of ether oxygens (including phenoxy) is 1. The number of benzene rings is 2. The van der Waals surface area contributed by atoms with E-state index in [4.69, 9.17) is 16.3 Å². The molecule has 0 radical (unpaired) electrons. The van der Waals surface area contributed by atoms with Crippen LogP contribution in [0.4, 0.5) is 0 Å². The molecular formula is C16H10Br2ClNO. The lowest BCUT2D eigenvalue weighted by Gasteiger charge is -2.10. The van der Waals surface area contributed by atoms with Gasteiger partial charge >= 0.3 is 0 Å². The van der Waals surface area contributed by atoms with Crippen LogP contribution in [0.25, 0.3) is 10.9 Å². The SMILES string of the molecule is ClCc1cc(Oc2ccc(Br)cc2Br)nc2ccccc12. The molecule has 21 heavy (non-hydrogen) atoms. The van der Waals surface area contributed by atoms with Crippen molar-refractivity contribution >= 4 is 54.4 Å². The highest BCUT2D eigenvalue weighted by atomic mass is 79.9. The summed E-state index contributed by atoms with van der Waals surface area (Å²) in [6.07, 6.45) is 0. The average Bonchev–Trinajstić information content (AvgIpc) is 2.49. The third-order valence-corrected chi connectivity index (χ3v) is 4.43. The molecule has 0 bridgehead atoms. The molecule has 0 spiro atoms. The molecule has 3 aromatic rings. The van der Waals surface area contributed by atoms with Crippen molar-refractivity contribution in [3.63, 3.8) is 0 Å². The number of hydrogen-bond donors (Lipinski definition) is 0. The van der Waals surface area contributed by atoms with Crippen molar-refractivity contribution in [3.8, 4) is 11.6 Å². The van der Waals surface area contributed by atoms with Gasteiger partial charge in [-0.1, -0.05) is 34.1 Å². The van der Waals surface area contributed by atoms with Crippen LogP contribution >= 0.6 is 43.5 Å². The van der Waals surface area contributed by atoms with Gasteiger partial charge in [-0.05, 0) is 45.8 Å². The zero-order chi connectivity index (χ0) is 14.8. The van der Waals surface area contributed by atoms with Gasteiger partial charge in [0.1, 0.15) is 5.75 Å². The standard InChI is InChI=1S/C16H10Br2ClNO/c17-11-5-6-15(13(18)8-11)21-16-7-10(9-19)12-3-1-2-4-14(12)20-16/h1-8H,9H2. The van der Waals surface area contributed by atoms with Gasteiger partial charge in [-0.3, -0.25) is 0 Å². The van der Waals surface area contributed by atoms with Crippen LogP contribution in [0.15, 0.2) is 57.5 Å². The van der Waals surface area contributed by atoms with Crippen molar-refractivity contribution in [2.45, 2.75) is 5.88 Å². The van der Waals surface area contributed by atoms with Crippen molar-refractivity contribution in [2.75, 3.05) is 0 Å². The Bertz CT molecular complexity index is 807. The number of alkyl halides is 1. The normalized spacial score (nSPS) is 10.8. The summed E-state index contributed by atoms with van der Waals surface area (Å²) < 4.78 is 7.72. The molecule has 0 aliphatic carbocycles. The highest BCUT2D eigenvalue weighted by Gasteiger charge is 2.08. The molecule has 0 N–H and O–H groups in total. The van der Waals surface area contributed by atoms with E-state index >= 15 is 0 Å². The van der Waals surface area contributed by atoms with E-state index in [1.165, 1.54) is 0 Å². The fourth-order valence-electron chi connectivity index (χ4n) is 2.05. The maximum atomic E-state index is 6.03. The molecule has 1 heterocycles. The second-order valence-corrected chi connectivity index (χ2v) is 6.48. The highest BCUT2D eigenvalue weighted by molar-refractivity contribution is 9.11. The maximum Gasteiger partial charge on any atom is 0.220 e. The van der Waals surface area contributed by atoms with E-state index in [9.17, 15) is 0 Å². The van der Waals surface area contributed by atoms with Crippen LogP contribution in [0.5, 0.6) is 11.6 Å². The maximum absolute atomic E-state index is 6.03. The second kappa shape index (κ2) is 6.34. The Morgan fingerprint density at radius 1 is 1.05 bits per heavy atom. The quantitative estimate of drug-likeness (QED) is 0.458. The summed E-state index contributed by atoms with van der Waals surface area (Å²) in [4.78, 5) is 4.53. The summed E-state index contributed by atoms with van der Waals surface area (Å²) in [5.74, 6) is 1.66. The van der Waals surface area contributed by atoms with Crippen LogP contribution in [0.2, 0.25) is 0 Å². The van der Waals surface area contributed by atoms with Gasteiger partial charge in [0.05, 0.1) is 9.99 Å². The number of para-hydroxylation sites is 1. The lowest BCUT2D eigenvalue weighted by molar-refractivity contribution is 0.461. The predicted molar refractivity (Wildman–Crippen MR) is 93.2 cm³/mol. The van der Waals surface area contributed by atoms with Crippen molar-refractivity contribution < 1.29 is 4.74 Å². The van der Waals surface area contributed by atoms with E-state index in [0.29, 0.717) is 17.5 Å². The fraction of sp³-hybridized carbons (Fsp3) is 0.0625. The van der Waals surface area contributed by atoms with E-state index in [0.717, 1.165) is 25.4 Å². The molecule has 0 fully saturated rings. The minimum Gasteiger partial charge on any atom is -0.438 e. The van der Waals surface area contributed by atoms with Crippen molar-refractivity contribution in [3.05, 3.63) is 63.0 Å². The average molecular weight is 428 g/mol. The van der Waals surface area contributed by atoms with Gasteiger partial charge in [-0.25, -0.2) is 4.98 Å². The van der Waals surface area contributed by atoms with Crippen LogP contribution in [0.3, 0.4) is 0 Å². The van der Waals surface area contributed by atoms with Crippen LogP contribution in [0.1, 0.15) is 5.56 Å². The number of nitrogens with zero attached hydrogens (tertiary/aromatic N) is 1.